The van der Waals surface area contributed by atoms with Crippen molar-refractivity contribution in [2.75, 3.05) is 5.73 Å². The fourth-order valence-corrected chi connectivity index (χ4v) is 1.44. The molecule has 0 spiro atoms. The number of para-hydroxylation sites is 1. The Morgan fingerprint density at radius 1 is 0.875 bits per heavy atom. The largest absolute Gasteiger partial charge is 0.399 e. The van der Waals surface area contributed by atoms with Crippen LogP contribution in [0.5, 0.6) is 0 Å². The quantitative estimate of drug-likeness (QED) is 0.553. The lowest BCUT2D eigenvalue weighted by Gasteiger charge is -1.93. The Hall–Kier alpha value is -0.980. The minimum Gasteiger partial charge on any atom is -0.399 e. The van der Waals surface area contributed by atoms with Gasteiger partial charge in [0.25, 0.3) is 0 Å². The first-order valence-corrected chi connectivity index (χ1v) is 6.53. The van der Waals surface area contributed by atoms with Gasteiger partial charge >= 0.3 is 0 Å². The minimum absolute atomic E-state index is 0.868. The maximum absolute atomic E-state index is 5.52. The number of nitrogens with two attached hydrogens (primary N) is 1. The average molecular weight is 221 g/mol. The molecule has 1 aromatic rings. The van der Waals surface area contributed by atoms with E-state index in [1.807, 2.05) is 31.2 Å². The number of nitrogen functional groups attached to an aromatic ring is 1. The van der Waals surface area contributed by atoms with E-state index >= 15 is 0 Å². The van der Waals surface area contributed by atoms with Crippen LogP contribution >= 0.6 is 0 Å². The van der Waals surface area contributed by atoms with Crippen LogP contribution in [0.4, 0.5) is 5.69 Å². The van der Waals surface area contributed by atoms with Crippen LogP contribution in [0, 0.1) is 6.92 Å². The van der Waals surface area contributed by atoms with Gasteiger partial charge in [0, 0.05) is 5.69 Å². The smallest absolute Gasteiger partial charge is 0.0343 e. The lowest BCUT2D eigenvalue weighted by atomic mass is 10.1. The summed E-state index contributed by atoms with van der Waals surface area (Å²) in [6.45, 7) is 6.51. The molecule has 1 nitrogen and oxygen atoms in total. The van der Waals surface area contributed by atoms with Gasteiger partial charge in [-0.3, -0.25) is 0 Å². The molecule has 1 heteroatoms. The highest BCUT2D eigenvalue weighted by Gasteiger charge is 1.84. The summed E-state index contributed by atoms with van der Waals surface area (Å²) in [5, 5.41) is 0. The third-order valence-corrected chi connectivity index (χ3v) is 2.65. The monoisotopic (exact) mass is 221 g/mol. The van der Waals surface area contributed by atoms with E-state index < -0.39 is 0 Å². The van der Waals surface area contributed by atoms with E-state index in [1.54, 1.807) is 0 Å². The van der Waals surface area contributed by atoms with Gasteiger partial charge in [-0.25, -0.2) is 0 Å². The first-order valence-electron chi connectivity index (χ1n) is 6.53. The maximum atomic E-state index is 5.52. The molecular weight excluding hydrogens is 194 g/mol. The summed E-state index contributed by atoms with van der Waals surface area (Å²) in [6.07, 6.45) is 8.49. The van der Waals surface area contributed by atoms with Gasteiger partial charge in [-0.2, -0.15) is 0 Å². The molecule has 2 N–H and O–H groups in total. The zero-order valence-electron chi connectivity index (χ0n) is 11.1. The summed E-state index contributed by atoms with van der Waals surface area (Å²) in [4.78, 5) is 0. The summed E-state index contributed by atoms with van der Waals surface area (Å²) in [5.74, 6) is 0. The first kappa shape index (κ1) is 15.0. The third kappa shape index (κ3) is 8.34. The van der Waals surface area contributed by atoms with E-state index in [1.165, 1.54) is 38.5 Å². The predicted molar refractivity (Wildman–Crippen MR) is 74.6 cm³/mol. The van der Waals surface area contributed by atoms with Crippen LogP contribution in [-0.4, -0.2) is 0 Å². The molecule has 0 unspecified atom stereocenters. The number of aryl methyl sites for hydroxylation is 1. The number of anilines is 1. The van der Waals surface area contributed by atoms with E-state index in [2.05, 4.69) is 13.8 Å². The van der Waals surface area contributed by atoms with Crippen molar-refractivity contribution in [2.24, 2.45) is 0 Å². The second-order valence-corrected chi connectivity index (χ2v) is 4.27. The van der Waals surface area contributed by atoms with Crippen molar-refractivity contribution < 1.29 is 0 Å². The van der Waals surface area contributed by atoms with Gasteiger partial charge in [0.15, 0.2) is 0 Å². The van der Waals surface area contributed by atoms with Crippen molar-refractivity contribution in [3.05, 3.63) is 29.8 Å². The molecule has 0 aliphatic carbocycles. The van der Waals surface area contributed by atoms with Gasteiger partial charge < -0.3 is 5.73 Å². The summed E-state index contributed by atoms with van der Waals surface area (Å²) < 4.78 is 0. The molecule has 0 saturated carbocycles. The van der Waals surface area contributed by atoms with Gasteiger partial charge in [0.1, 0.15) is 0 Å². The summed E-state index contributed by atoms with van der Waals surface area (Å²) in [6, 6.07) is 7.80. The zero-order chi connectivity index (χ0) is 12.2. The topological polar surface area (TPSA) is 26.0 Å². The molecule has 16 heavy (non-hydrogen) atoms. The molecule has 0 aliphatic rings. The van der Waals surface area contributed by atoms with Gasteiger partial charge in [-0.05, 0) is 18.6 Å². The molecule has 1 aromatic carbocycles. The summed E-state index contributed by atoms with van der Waals surface area (Å²) in [7, 11) is 0. The normalized spacial score (nSPS) is 9.44. The molecule has 92 valence electrons. The molecule has 0 aromatic heterocycles. The standard InChI is InChI=1S/C8H18.C7H9N/c1-3-5-7-8-6-4-2;1-6-4-2-3-5-7(6)8/h3-8H2,1-2H3;2-5H,8H2,1H3. The maximum Gasteiger partial charge on any atom is 0.0343 e. The molecule has 1 rings (SSSR count). The minimum atomic E-state index is 0.868. The van der Waals surface area contributed by atoms with Crippen molar-refractivity contribution in [3.8, 4) is 0 Å². The average Bonchev–Trinajstić information content (AvgIpc) is 2.30. The predicted octanol–water partition coefficient (Wildman–Crippen LogP) is 4.94. The van der Waals surface area contributed by atoms with Crippen molar-refractivity contribution in [1.82, 2.24) is 0 Å². The van der Waals surface area contributed by atoms with E-state index in [0.29, 0.717) is 0 Å². The van der Waals surface area contributed by atoms with Crippen LogP contribution in [0.1, 0.15) is 57.9 Å². The second-order valence-electron chi connectivity index (χ2n) is 4.27. The third-order valence-electron chi connectivity index (χ3n) is 2.65. The number of rotatable bonds is 5. The van der Waals surface area contributed by atoms with Crippen molar-refractivity contribution >= 4 is 5.69 Å². The molecular formula is C15H27N. The van der Waals surface area contributed by atoms with Crippen LogP contribution in [0.2, 0.25) is 0 Å². The SMILES string of the molecule is CCCCCCCC.Cc1ccccc1N. The number of hydrogen-bond acceptors (Lipinski definition) is 1. The molecule has 0 fully saturated rings. The number of unbranched alkanes of at least 4 members (excludes halogenated alkanes) is 5. The van der Waals surface area contributed by atoms with E-state index in [4.69, 9.17) is 5.73 Å². The lowest BCUT2D eigenvalue weighted by molar-refractivity contribution is 0.624. The molecule has 0 bridgehead atoms. The molecule has 0 heterocycles. The van der Waals surface area contributed by atoms with Gasteiger partial charge in [-0.1, -0.05) is 70.6 Å². The highest BCUT2D eigenvalue weighted by molar-refractivity contribution is 5.44. The Balaban J connectivity index is 0.000000281. The van der Waals surface area contributed by atoms with E-state index in [9.17, 15) is 0 Å². The van der Waals surface area contributed by atoms with Crippen LogP contribution in [0.3, 0.4) is 0 Å². The number of hydrogen-bond donors (Lipinski definition) is 1. The van der Waals surface area contributed by atoms with Crippen LogP contribution in [0.25, 0.3) is 0 Å². The fraction of sp³-hybridized carbons (Fsp3) is 0.600. The Labute approximate surface area is 101 Å². The van der Waals surface area contributed by atoms with Crippen LogP contribution in [0.15, 0.2) is 24.3 Å². The molecule has 0 amide bonds. The Morgan fingerprint density at radius 2 is 1.38 bits per heavy atom. The van der Waals surface area contributed by atoms with Crippen molar-refractivity contribution in [1.29, 1.82) is 0 Å². The van der Waals surface area contributed by atoms with Crippen molar-refractivity contribution in [2.45, 2.75) is 59.3 Å². The van der Waals surface area contributed by atoms with E-state index in [0.717, 1.165) is 11.3 Å². The molecule has 0 saturated heterocycles. The second kappa shape index (κ2) is 10.5. The van der Waals surface area contributed by atoms with Crippen LogP contribution < -0.4 is 5.73 Å². The Bertz CT molecular complexity index is 228. The number of benzene rings is 1. The Kier molecular flexibility index (Phi) is 9.89. The summed E-state index contributed by atoms with van der Waals surface area (Å²) >= 11 is 0. The van der Waals surface area contributed by atoms with Crippen LogP contribution in [-0.2, 0) is 0 Å². The first-order chi connectivity index (χ1) is 7.72. The van der Waals surface area contributed by atoms with Gasteiger partial charge in [-0.15, -0.1) is 0 Å². The summed E-state index contributed by atoms with van der Waals surface area (Å²) in [5.41, 5.74) is 7.53. The fourth-order valence-electron chi connectivity index (χ4n) is 1.44. The highest BCUT2D eigenvalue weighted by Crippen LogP contribution is 2.06. The zero-order valence-corrected chi connectivity index (χ0v) is 11.1. The Morgan fingerprint density at radius 3 is 1.69 bits per heavy atom. The highest BCUT2D eigenvalue weighted by atomic mass is 14.5. The van der Waals surface area contributed by atoms with Gasteiger partial charge in [0.2, 0.25) is 0 Å². The molecule has 0 aliphatic heterocycles. The van der Waals surface area contributed by atoms with E-state index in [-0.39, 0.29) is 0 Å². The molecule has 0 atom stereocenters. The van der Waals surface area contributed by atoms with Gasteiger partial charge in [0.05, 0.1) is 0 Å². The lowest BCUT2D eigenvalue weighted by Crippen LogP contribution is -1.85. The van der Waals surface area contributed by atoms with Crippen molar-refractivity contribution in [3.63, 3.8) is 0 Å². The molecule has 0 radical (unpaired) electrons.